The molecule has 0 bridgehead atoms. The highest BCUT2D eigenvalue weighted by atomic mass is 19.4. The summed E-state index contributed by atoms with van der Waals surface area (Å²) in [6.07, 6.45) is -1.24. The zero-order valence-electron chi connectivity index (χ0n) is 16.8. The first-order chi connectivity index (χ1) is 13.7. The number of carbonyl (C=O) groups excluding carboxylic acids is 1. The number of benzene rings is 1. The Morgan fingerprint density at radius 3 is 2.69 bits per heavy atom. The Balaban J connectivity index is 1.97. The molecule has 2 rings (SSSR count). The normalized spacial score (nSPS) is 17.9. The smallest absolute Gasteiger partial charge is 0.357 e. The van der Waals surface area contributed by atoms with Crippen molar-refractivity contribution in [3.8, 4) is 0 Å². The topological polar surface area (TPSA) is 56.7 Å². The molecule has 1 aliphatic rings. The van der Waals surface area contributed by atoms with Gasteiger partial charge in [-0.05, 0) is 50.8 Å². The Bertz CT molecular complexity index is 721. The summed E-state index contributed by atoms with van der Waals surface area (Å²) in [6, 6.07) is 2.78. The molecule has 5 nitrogen and oxygen atoms in total. The average molecular weight is 416 g/mol. The first-order valence-corrected chi connectivity index (χ1v) is 9.89. The van der Waals surface area contributed by atoms with Gasteiger partial charge in [0.25, 0.3) is 0 Å². The summed E-state index contributed by atoms with van der Waals surface area (Å²) in [5.74, 6) is -0.580. The predicted molar refractivity (Wildman–Crippen MR) is 104 cm³/mol. The second-order valence-corrected chi connectivity index (χ2v) is 7.10. The lowest BCUT2D eigenvalue weighted by Gasteiger charge is -2.33. The van der Waals surface area contributed by atoms with Crippen molar-refractivity contribution >= 4 is 11.9 Å². The number of piperidine rings is 1. The molecule has 1 aromatic carbocycles. The molecule has 1 aliphatic heterocycles. The fraction of sp³-hybridized carbons (Fsp3) is 0.600. The maximum absolute atomic E-state index is 13.2. The van der Waals surface area contributed by atoms with E-state index in [2.05, 4.69) is 15.6 Å². The highest BCUT2D eigenvalue weighted by molar-refractivity contribution is 5.81. The summed E-state index contributed by atoms with van der Waals surface area (Å²) in [4.78, 5) is 18.4. The van der Waals surface area contributed by atoms with Gasteiger partial charge < -0.3 is 15.5 Å². The van der Waals surface area contributed by atoms with Crippen LogP contribution < -0.4 is 10.6 Å². The lowest BCUT2D eigenvalue weighted by Crippen LogP contribution is -2.44. The molecule has 1 saturated heterocycles. The zero-order chi connectivity index (χ0) is 21.4. The summed E-state index contributed by atoms with van der Waals surface area (Å²) < 4.78 is 52.6. The largest absolute Gasteiger partial charge is 0.416 e. The number of amides is 1. The molecular formula is C20H28F4N4O. The van der Waals surface area contributed by atoms with Gasteiger partial charge in [-0.15, -0.1) is 0 Å². The van der Waals surface area contributed by atoms with Gasteiger partial charge in [-0.1, -0.05) is 6.07 Å². The van der Waals surface area contributed by atoms with Crippen molar-refractivity contribution in [3.63, 3.8) is 0 Å². The summed E-state index contributed by atoms with van der Waals surface area (Å²) in [5, 5.41) is 5.92. The van der Waals surface area contributed by atoms with Crippen LogP contribution in [0.5, 0.6) is 0 Å². The molecule has 2 N–H and O–H groups in total. The van der Waals surface area contributed by atoms with Crippen molar-refractivity contribution in [1.82, 2.24) is 15.5 Å². The number of halogens is 4. The molecule has 29 heavy (non-hydrogen) atoms. The number of nitrogens with one attached hydrogen (secondary N) is 2. The lowest BCUT2D eigenvalue weighted by molar-refractivity contribution is -0.138. The minimum absolute atomic E-state index is 0.0541. The number of guanidine groups is 1. The van der Waals surface area contributed by atoms with E-state index >= 15 is 0 Å². The van der Waals surface area contributed by atoms with E-state index in [1.165, 1.54) is 0 Å². The number of hydrogen-bond acceptors (Lipinski definition) is 2. The van der Waals surface area contributed by atoms with E-state index < -0.39 is 17.6 Å². The van der Waals surface area contributed by atoms with Crippen LogP contribution in [0.15, 0.2) is 23.2 Å². The maximum atomic E-state index is 13.2. The van der Waals surface area contributed by atoms with Gasteiger partial charge in [-0.3, -0.25) is 4.79 Å². The SMILES string of the molecule is CCNC(=NCc1ccc(F)cc1C(F)(F)F)NCCC(=O)N1CCCCC1C. The summed E-state index contributed by atoms with van der Waals surface area (Å²) >= 11 is 0. The highest BCUT2D eigenvalue weighted by Gasteiger charge is 2.33. The van der Waals surface area contributed by atoms with Crippen LogP contribution in [0.25, 0.3) is 0 Å². The Morgan fingerprint density at radius 2 is 2.03 bits per heavy atom. The molecule has 0 radical (unpaired) electrons. The van der Waals surface area contributed by atoms with Crippen LogP contribution in [0.2, 0.25) is 0 Å². The number of likely N-dealkylation sites (tertiary alicyclic amines) is 1. The van der Waals surface area contributed by atoms with Crippen LogP contribution in [0.3, 0.4) is 0 Å². The molecule has 1 unspecified atom stereocenters. The van der Waals surface area contributed by atoms with Gasteiger partial charge in [0.05, 0.1) is 12.1 Å². The first kappa shape index (κ1) is 23.0. The van der Waals surface area contributed by atoms with Gasteiger partial charge in [-0.2, -0.15) is 13.2 Å². The van der Waals surface area contributed by atoms with Crippen LogP contribution in [0.4, 0.5) is 17.6 Å². The fourth-order valence-corrected chi connectivity index (χ4v) is 3.36. The van der Waals surface area contributed by atoms with Crippen molar-refractivity contribution < 1.29 is 22.4 Å². The molecule has 1 aromatic rings. The van der Waals surface area contributed by atoms with Crippen molar-refractivity contribution in [2.24, 2.45) is 4.99 Å². The number of nitrogens with zero attached hydrogens (tertiary/aromatic N) is 2. The van der Waals surface area contributed by atoms with Crippen LogP contribution in [0, 0.1) is 5.82 Å². The molecule has 1 atom stereocenters. The number of hydrogen-bond donors (Lipinski definition) is 2. The van der Waals surface area contributed by atoms with E-state index in [1.807, 2.05) is 18.7 Å². The van der Waals surface area contributed by atoms with Crippen LogP contribution in [-0.4, -0.2) is 42.4 Å². The van der Waals surface area contributed by atoms with E-state index in [0.717, 1.165) is 37.9 Å². The fourth-order valence-electron chi connectivity index (χ4n) is 3.36. The van der Waals surface area contributed by atoms with E-state index in [-0.39, 0.29) is 30.5 Å². The third kappa shape index (κ3) is 6.90. The maximum Gasteiger partial charge on any atom is 0.416 e. The minimum atomic E-state index is -4.66. The minimum Gasteiger partial charge on any atom is -0.357 e. The third-order valence-electron chi connectivity index (χ3n) is 4.88. The molecule has 0 saturated carbocycles. The quantitative estimate of drug-likeness (QED) is 0.423. The molecule has 1 amide bonds. The van der Waals surface area contributed by atoms with Crippen molar-refractivity contribution in [3.05, 3.63) is 35.1 Å². The molecular weight excluding hydrogens is 388 g/mol. The second-order valence-electron chi connectivity index (χ2n) is 7.10. The van der Waals surface area contributed by atoms with Gasteiger partial charge in [-0.25, -0.2) is 9.38 Å². The average Bonchev–Trinajstić information content (AvgIpc) is 2.66. The molecule has 0 aromatic heterocycles. The number of alkyl halides is 3. The Morgan fingerprint density at radius 1 is 1.28 bits per heavy atom. The van der Waals surface area contributed by atoms with Gasteiger partial charge in [0.15, 0.2) is 5.96 Å². The van der Waals surface area contributed by atoms with E-state index in [9.17, 15) is 22.4 Å². The van der Waals surface area contributed by atoms with Crippen molar-refractivity contribution in [2.45, 2.75) is 58.3 Å². The lowest BCUT2D eigenvalue weighted by atomic mass is 10.0. The third-order valence-corrected chi connectivity index (χ3v) is 4.88. The Kier molecular flexibility index (Phi) is 8.28. The molecule has 0 spiro atoms. The summed E-state index contributed by atoms with van der Waals surface area (Å²) in [5.41, 5.74) is -1.15. The summed E-state index contributed by atoms with van der Waals surface area (Å²) in [6.45, 7) is 5.20. The van der Waals surface area contributed by atoms with Crippen molar-refractivity contribution in [1.29, 1.82) is 0 Å². The van der Waals surface area contributed by atoms with Crippen molar-refractivity contribution in [2.75, 3.05) is 19.6 Å². The number of carbonyl (C=O) groups is 1. The Labute approximate surface area is 168 Å². The van der Waals surface area contributed by atoms with Gasteiger partial charge in [0.1, 0.15) is 5.82 Å². The Hall–Kier alpha value is -2.32. The highest BCUT2D eigenvalue weighted by Crippen LogP contribution is 2.32. The molecule has 9 heteroatoms. The van der Waals surface area contributed by atoms with Gasteiger partial charge in [0, 0.05) is 32.1 Å². The second kappa shape index (κ2) is 10.5. The van der Waals surface area contributed by atoms with Crippen LogP contribution in [0.1, 0.15) is 50.7 Å². The number of rotatable bonds is 6. The van der Waals surface area contributed by atoms with E-state index in [4.69, 9.17) is 0 Å². The number of aliphatic imine (C=N–C) groups is 1. The molecule has 1 heterocycles. The van der Waals surface area contributed by atoms with E-state index in [0.29, 0.717) is 25.1 Å². The van der Waals surface area contributed by atoms with E-state index in [1.54, 1.807) is 0 Å². The monoisotopic (exact) mass is 416 g/mol. The van der Waals surface area contributed by atoms with Crippen LogP contribution >= 0.6 is 0 Å². The molecule has 162 valence electrons. The van der Waals surface area contributed by atoms with Crippen LogP contribution in [-0.2, 0) is 17.5 Å². The molecule has 1 fully saturated rings. The van der Waals surface area contributed by atoms with Gasteiger partial charge >= 0.3 is 6.18 Å². The standard InChI is InChI=1S/C20H28F4N4O/c1-3-25-19(26-10-9-18(29)28-11-5-4-6-14(28)2)27-13-15-7-8-16(21)12-17(15)20(22,23)24/h7-8,12,14H,3-6,9-11,13H2,1-2H3,(H2,25,26,27). The zero-order valence-corrected chi connectivity index (χ0v) is 16.8. The van der Waals surface area contributed by atoms with Gasteiger partial charge in [0.2, 0.25) is 5.91 Å². The summed E-state index contributed by atoms with van der Waals surface area (Å²) in [7, 11) is 0. The molecule has 0 aliphatic carbocycles. The first-order valence-electron chi connectivity index (χ1n) is 9.89. The predicted octanol–water partition coefficient (Wildman–Crippen LogP) is 3.69.